The average Bonchev–Trinajstić information content (AvgIpc) is 2.59. The number of alkyl halides is 2. The smallest absolute Gasteiger partial charge is 0.248 e. The lowest BCUT2D eigenvalue weighted by Crippen LogP contribution is -2.38. The van der Waals surface area contributed by atoms with Gasteiger partial charge in [0.2, 0.25) is 5.92 Å². The van der Waals surface area contributed by atoms with Crippen LogP contribution in [0.2, 0.25) is 0 Å². The van der Waals surface area contributed by atoms with Crippen LogP contribution < -0.4 is 5.73 Å². The Morgan fingerprint density at radius 3 is 2.29 bits per heavy atom. The van der Waals surface area contributed by atoms with Crippen LogP contribution in [0, 0.1) is 5.92 Å². The predicted octanol–water partition coefficient (Wildman–Crippen LogP) is 3.08. The highest BCUT2D eigenvalue weighted by molar-refractivity contribution is 4.94. The topological polar surface area (TPSA) is 26.0 Å². The molecule has 2 N–H and O–H groups in total. The van der Waals surface area contributed by atoms with Gasteiger partial charge in [0.1, 0.15) is 0 Å². The average molecular weight is 203 g/mol. The molecule has 2 saturated carbocycles. The molecule has 0 aliphatic heterocycles. The molecule has 2 aliphatic carbocycles. The van der Waals surface area contributed by atoms with Crippen molar-refractivity contribution in [3.63, 3.8) is 0 Å². The van der Waals surface area contributed by atoms with E-state index in [4.69, 9.17) is 5.73 Å². The van der Waals surface area contributed by atoms with Crippen molar-refractivity contribution in [2.75, 3.05) is 0 Å². The van der Waals surface area contributed by atoms with Crippen LogP contribution in [0.25, 0.3) is 0 Å². The summed E-state index contributed by atoms with van der Waals surface area (Å²) in [6.45, 7) is 0. The van der Waals surface area contributed by atoms with Gasteiger partial charge in [-0.25, -0.2) is 8.78 Å². The van der Waals surface area contributed by atoms with Gasteiger partial charge in [-0.3, -0.25) is 0 Å². The third-order valence-corrected chi connectivity index (χ3v) is 3.80. The maximum atomic E-state index is 13.0. The Morgan fingerprint density at radius 2 is 1.79 bits per heavy atom. The van der Waals surface area contributed by atoms with Crippen molar-refractivity contribution in [1.29, 1.82) is 0 Å². The molecule has 1 atom stereocenters. The first-order valence-corrected chi connectivity index (χ1v) is 5.66. The first kappa shape index (κ1) is 10.3. The first-order chi connectivity index (χ1) is 6.49. The lowest BCUT2D eigenvalue weighted by molar-refractivity contribution is 0.00383. The van der Waals surface area contributed by atoms with E-state index in [9.17, 15) is 8.78 Å². The normalized spacial score (nSPS) is 34.9. The van der Waals surface area contributed by atoms with Gasteiger partial charge in [-0.1, -0.05) is 12.8 Å². The summed E-state index contributed by atoms with van der Waals surface area (Å²) in [5.41, 5.74) is 6.08. The fourth-order valence-electron chi connectivity index (χ4n) is 3.07. The lowest BCUT2D eigenvalue weighted by Gasteiger charge is -2.27. The molecule has 0 aromatic rings. The Hall–Kier alpha value is -0.180. The van der Waals surface area contributed by atoms with E-state index >= 15 is 0 Å². The van der Waals surface area contributed by atoms with Gasteiger partial charge >= 0.3 is 0 Å². The van der Waals surface area contributed by atoms with E-state index in [1.165, 1.54) is 12.8 Å². The van der Waals surface area contributed by atoms with E-state index in [2.05, 4.69) is 0 Å². The van der Waals surface area contributed by atoms with Gasteiger partial charge in [-0.05, 0) is 31.6 Å². The van der Waals surface area contributed by atoms with Crippen molar-refractivity contribution >= 4 is 0 Å². The molecule has 1 unspecified atom stereocenters. The standard InChI is InChI=1S/C11H19F2N/c12-11(13)6-3-9(8-11)7-10(14)4-1-2-5-10/h9H,1-8,14H2. The SMILES string of the molecule is NC1(CC2CCC(F)(F)C2)CCCC1. The lowest BCUT2D eigenvalue weighted by atomic mass is 9.86. The van der Waals surface area contributed by atoms with Gasteiger partial charge in [0.05, 0.1) is 0 Å². The second kappa shape index (κ2) is 3.44. The second-order valence-corrected chi connectivity index (χ2v) is 5.24. The molecule has 0 saturated heterocycles. The minimum absolute atomic E-state index is 0.0753. The molecular formula is C11H19F2N. The van der Waals surface area contributed by atoms with Crippen LogP contribution >= 0.6 is 0 Å². The Balaban J connectivity index is 1.86. The van der Waals surface area contributed by atoms with E-state index in [1.807, 2.05) is 0 Å². The fraction of sp³-hybridized carbons (Fsp3) is 1.00. The fourth-order valence-corrected chi connectivity index (χ4v) is 3.07. The summed E-state index contributed by atoms with van der Waals surface area (Å²) in [6, 6.07) is 0. The van der Waals surface area contributed by atoms with Gasteiger partial charge in [0.15, 0.2) is 0 Å². The molecule has 82 valence electrons. The number of rotatable bonds is 2. The van der Waals surface area contributed by atoms with Crippen LogP contribution in [0.1, 0.15) is 51.4 Å². The summed E-state index contributed by atoms with van der Waals surface area (Å²) < 4.78 is 25.9. The molecule has 14 heavy (non-hydrogen) atoms. The molecule has 2 rings (SSSR count). The monoisotopic (exact) mass is 203 g/mol. The van der Waals surface area contributed by atoms with Crippen LogP contribution in [-0.2, 0) is 0 Å². The zero-order valence-corrected chi connectivity index (χ0v) is 8.57. The van der Waals surface area contributed by atoms with E-state index in [1.54, 1.807) is 0 Å². The summed E-state index contributed by atoms with van der Waals surface area (Å²) >= 11 is 0. The van der Waals surface area contributed by atoms with E-state index < -0.39 is 5.92 Å². The maximum absolute atomic E-state index is 13.0. The highest BCUT2D eigenvalue weighted by Gasteiger charge is 2.42. The van der Waals surface area contributed by atoms with Crippen LogP contribution in [-0.4, -0.2) is 11.5 Å². The number of hydrogen-bond acceptors (Lipinski definition) is 1. The molecule has 3 heteroatoms. The largest absolute Gasteiger partial charge is 0.325 e. The predicted molar refractivity (Wildman–Crippen MR) is 52.3 cm³/mol. The van der Waals surface area contributed by atoms with Crippen LogP contribution in [0.15, 0.2) is 0 Å². The second-order valence-electron chi connectivity index (χ2n) is 5.24. The summed E-state index contributed by atoms with van der Waals surface area (Å²) in [4.78, 5) is 0. The summed E-state index contributed by atoms with van der Waals surface area (Å²) in [5, 5.41) is 0. The van der Waals surface area contributed by atoms with E-state index in [0.717, 1.165) is 19.3 Å². The summed E-state index contributed by atoms with van der Waals surface area (Å²) in [5.74, 6) is -2.23. The molecule has 0 amide bonds. The Morgan fingerprint density at radius 1 is 1.14 bits per heavy atom. The van der Waals surface area contributed by atoms with Gasteiger partial charge in [-0.2, -0.15) is 0 Å². The van der Waals surface area contributed by atoms with Crippen molar-refractivity contribution in [3.8, 4) is 0 Å². The van der Waals surface area contributed by atoms with Gasteiger partial charge in [-0.15, -0.1) is 0 Å². The number of nitrogens with two attached hydrogens (primary N) is 1. The molecule has 0 spiro atoms. The third-order valence-electron chi connectivity index (χ3n) is 3.80. The molecule has 0 aromatic carbocycles. The highest BCUT2D eigenvalue weighted by atomic mass is 19.3. The van der Waals surface area contributed by atoms with Crippen molar-refractivity contribution in [2.45, 2.75) is 62.8 Å². The van der Waals surface area contributed by atoms with E-state index in [0.29, 0.717) is 6.42 Å². The number of halogens is 2. The van der Waals surface area contributed by atoms with Crippen LogP contribution in [0.5, 0.6) is 0 Å². The van der Waals surface area contributed by atoms with Crippen LogP contribution in [0.4, 0.5) is 8.78 Å². The first-order valence-electron chi connectivity index (χ1n) is 5.66. The van der Waals surface area contributed by atoms with Crippen LogP contribution in [0.3, 0.4) is 0 Å². The molecule has 2 fully saturated rings. The minimum Gasteiger partial charge on any atom is -0.325 e. The van der Waals surface area contributed by atoms with Crippen molar-refractivity contribution in [3.05, 3.63) is 0 Å². The van der Waals surface area contributed by atoms with Gasteiger partial charge in [0.25, 0.3) is 0 Å². The van der Waals surface area contributed by atoms with Gasteiger partial charge < -0.3 is 5.73 Å². The third kappa shape index (κ3) is 2.25. The van der Waals surface area contributed by atoms with Crippen molar-refractivity contribution < 1.29 is 8.78 Å². The zero-order chi connectivity index (χ0) is 10.2. The minimum atomic E-state index is -2.40. The molecular weight excluding hydrogens is 184 g/mol. The molecule has 0 heterocycles. The number of hydrogen-bond donors (Lipinski definition) is 1. The van der Waals surface area contributed by atoms with Crippen molar-refractivity contribution in [2.24, 2.45) is 11.7 Å². The Labute approximate surface area is 84.0 Å². The summed E-state index contributed by atoms with van der Waals surface area (Å²) in [7, 11) is 0. The molecule has 0 aromatic heterocycles. The van der Waals surface area contributed by atoms with E-state index in [-0.39, 0.29) is 24.3 Å². The quantitative estimate of drug-likeness (QED) is 0.733. The maximum Gasteiger partial charge on any atom is 0.248 e. The molecule has 1 nitrogen and oxygen atoms in total. The summed E-state index contributed by atoms with van der Waals surface area (Å²) in [6.07, 6.45) is 6.08. The Bertz CT molecular complexity index is 209. The molecule has 0 bridgehead atoms. The Kier molecular flexibility index (Phi) is 2.54. The van der Waals surface area contributed by atoms with Crippen molar-refractivity contribution in [1.82, 2.24) is 0 Å². The van der Waals surface area contributed by atoms with Gasteiger partial charge in [0, 0.05) is 18.4 Å². The molecule has 0 radical (unpaired) electrons. The molecule has 2 aliphatic rings. The zero-order valence-electron chi connectivity index (χ0n) is 8.57. The highest BCUT2D eigenvalue weighted by Crippen LogP contribution is 2.44.